The molecule has 1 aliphatic heterocycles. The van der Waals surface area contributed by atoms with Gasteiger partial charge in [0.1, 0.15) is 0 Å². The molecule has 0 radical (unpaired) electrons. The van der Waals surface area contributed by atoms with Crippen molar-refractivity contribution >= 4 is 16.9 Å². The number of cyclic esters (lactones) is 1. The van der Waals surface area contributed by atoms with E-state index >= 15 is 0 Å². The van der Waals surface area contributed by atoms with E-state index in [-0.39, 0.29) is 11.3 Å². The van der Waals surface area contributed by atoms with Gasteiger partial charge in [-0.05, 0) is 43.5 Å². The van der Waals surface area contributed by atoms with Crippen molar-refractivity contribution in [2.45, 2.75) is 32.3 Å². The van der Waals surface area contributed by atoms with Gasteiger partial charge in [-0.3, -0.25) is 0 Å². The van der Waals surface area contributed by atoms with E-state index in [0.717, 1.165) is 38.9 Å². The Morgan fingerprint density at radius 1 is 0.938 bits per heavy atom. The molecule has 0 amide bonds. The van der Waals surface area contributed by atoms with Gasteiger partial charge in [0.15, 0.2) is 11.4 Å². The number of aromatic nitrogens is 1. The predicted molar refractivity (Wildman–Crippen MR) is 126 cm³/mol. The molecule has 4 aromatic rings. The first-order valence-electron chi connectivity index (χ1n) is 10.8. The zero-order chi connectivity index (χ0) is 22.5. The second kappa shape index (κ2) is 7.41. The van der Waals surface area contributed by atoms with Gasteiger partial charge < -0.3 is 14.8 Å². The fraction of sp³-hybridized carbons (Fsp3) is 0.179. The zero-order valence-electron chi connectivity index (χ0n) is 18.3. The molecule has 5 rings (SSSR count). The van der Waals surface area contributed by atoms with E-state index in [1.54, 1.807) is 6.92 Å². The topological polar surface area (TPSA) is 62.3 Å². The van der Waals surface area contributed by atoms with Crippen molar-refractivity contribution in [3.8, 4) is 0 Å². The minimum Gasteiger partial charge on any atom is -0.507 e. The van der Waals surface area contributed by atoms with Gasteiger partial charge in [-0.25, -0.2) is 4.79 Å². The van der Waals surface area contributed by atoms with Gasteiger partial charge >= 0.3 is 5.97 Å². The third kappa shape index (κ3) is 3.02. The summed E-state index contributed by atoms with van der Waals surface area (Å²) >= 11 is 0. The van der Waals surface area contributed by atoms with Crippen molar-refractivity contribution < 1.29 is 14.6 Å². The molecule has 4 nitrogen and oxygen atoms in total. The lowest BCUT2D eigenvalue weighted by Gasteiger charge is -2.23. The van der Waals surface area contributed by atoms with E-state index in [1.165, 1.54) is 0 Å². The van der Waals surface area contributed by atoms with E-state index in [9.17, 15) is 9.90 Å². The summed E-state index contributed by atoms with van der Waals surface area (Å²) in [4.78, 5) is 16.8. The number of hydrogen-bond acceptors (Lipinski definition) is 3. The van der Waals surface area contributed by atoms with Crippen molar-refractivity contribution in [3.05, 3.63) is 118 Å². The number of nitrogens with one attached hydrogen (secondary N) is 1. The largest absolute Gasteiger partial charge is 0.507 e. The first-order valence-corrected chi connectivity index (χ1v) is 10.8. The van der Waals surface area contributed by atoms with Crippen LogP contribution in [0.3, 0.4) is 0 Å². The molecule has 1 aliphatic rings. The smallest absolute Gasteiger partial charge is 0.339 e. The van der Waals surface area contributed by atoms with Crippen LogP contribution in [0.5, 0.6) is 0 Å². The van der Waals surface area contributed by atoms with E-state index in [0.29, 0.717) is 0 Å². The number of esters is 1. The van der Waals surface area contributed by atoms with Gasteiger partial charge in [0.05, 0.1) is 11.5 Å². The van der Waals surface area contributed by atoms with Crippen LogP contribution in [0.2, 0.25) is 0 Å². The Kier molecular flexibility index (Phi) is 4.66. The molecule has 1 aromatic heterocycles. The summed E-state index contributed by atoms with van der Waals surface area (Å²) in [6, 6.07) is 25.4. The second-order valence-corrected chi connectivity index (χ2v) is 8.61. The molecule has 0 bridgehead atoms. The Bertz CT molecular complexity index is 1350. The standard InChI is InChI=1S/C28H25NO3/c1-17-14-15-21-18(2)25(29-22(21)16-17)23(19-10-6-4-7-11-19)24-26(30)28(3,32-27(24)31)20-12-8-5-9-13-20/h4-16,23,29-30H,1-3H3. The molecule has 3 aromatic carbocycles. The van der Waals surface area contributed by atoms with Gasteiger partial charge in [0, 0.05) is 22.2 Å². The molecule has 2 atom stereocenters. The summed E-state index contributed by atoms with van der Waals surface area (Å²) in [5.74, 6) is -1.03. The first-order chi connectivity index (χ1) is 15.4. The fourth-order valence-electron chi connectivity index (χ4n) is 4.73. The van der Waals surface area contributed by atoms with Crippen LogP contribution in [0.1, 0.15) is 40.8 Å². The van der Waals surface area contributed by atoms with Crippen molar-refractivity contribution in [1.29, 1.82) is 0 Å². The van der Waals surface area contributed by atoms with Crippen LogP contribution in [0.15, 0.2) is 90.2 Å². The molecule has 160 valence electrons. The highest BCUT2D eigenvalue weighted by Gasteiger charge is 2.49. The summed E-state index contributed by atoms with van der Waals surface area (Å²) in [5.41, 5.74) is 4.79. The molecule has 0 fully saturated rings. The van der Waals surface area contributed by atoms with Crippen LogP contribution in [0, 0.1) is 13.8 Å². The molecule has 0 saturated heterocycles. The van der Waals surface area contributed by atoms with Crippen LogP contribution in [-0.4, -0.2) is 16.1 Å². The Morgan fingerprint density at radius 3 is 2.28 bits per heavy atom. The first kappa shape index (κ1) is 20.1. The SMILES string of the molecule is Cc1ccc2c(C)c(C(C3=C(O)C(C)(c4ccccc4)OC3=O)c3ccccc3)[nH]c2c1. The Morgan fingerprint density at radius 2 is 1.59 bits per heavy atom. The van der Waals surface area contributed by atoms with Crippen molar-refractivity contribution in [2.75, 3.05) is 0 Å². The number of aliphatic hydroxyl groups is 1. The molecule has 4 heteroatoms. The summed E-state index contributed by atoms with van der Waals surface area (Å²) in [6.45, 7) is 5.84. The van der Waals surface area contributed by atoms with Gasteiger partial charge in [0.2, 0.25) is 0 Å². The fourth-order valence-corrected chi connectivity index (χ4v) is 4.73. The van der Waals surface area contributed by atoms with E-state index in [2.05, 4.69) is 30.1 Å². The van der Waals surface area contributed by atoms with Crippen LogP contribution >= 0.6 is 0 Å². The van der Waals surface area contributed by atoms with Crippen LogP contribution in [-0.2, 0) is 15.1 Å². The third-order valence-corrected chi connectivity index (χ3v) is 6.51. The molecular formula is C28H25NO3. The Labute approximate surface area is 187 Å². The highest BCUT2D eigenvalue weighted by molar-refractivity contribution is 5.96. The maximum absolute atomic E-state index is 13.3. The minimum atomic E-state index is -1.22. The lowest BCUT2D eigenvalue weighted by Crippen LogP contribution is -2.25. The second-order valence-electron chi connectivity index (χ2n) is 8.61. The van der Waals surface area contributed by atoms with Gasteiger partial charge in [-0.2, -0.15) is 0 Å². The summed E-state index contributed by atoms with van der Waals surface area (Å²) in [6.07, 6.45) is 0. The lowest BCUT2D eigenvalue weighted by atomic mass is 9.83. The van der Waals surface area contributed by atoms with Gasteiger partial charge in [-0.1, -0.05) is 72.8 Å². The number of benzene rings is 3. The molecule has 2 unspecified atom stereocenters. The van der Waals surface area contributed by atoms with Gasteiger partial charge in [0.25, 0.3) is 0 Å². The van der Waals surface area contributed by atoms with Crippen LogP contribution in [0.25, 0.3) is 10.9 Å². The quantitative estimate of drug-likeness (QED) is 0.384. The Balaban J connectivity index is 1.76. The van der Waals surface area contributed by atoms with Crippen molar-refractivity contribution in [1.82, 2.24) is 4.98 Å². The molecule has 2 N–H and O–H groups in total. The minimum absolute atomic E-state index is 0.0446. The summed E-state index contributed by atoms with van der Waals surface area (Å²) in [5, 5.41) is 12.6. The number of ether oxygens (including phenoxy) is 1. The number of aryl methyl sites for hydroxylation is 2. The maximum Gasteiger partial charge on any atom is 0.339 e. The molecule has 0 saturated carbocycles. The number of carbonyl (C=O) groups is 1. The third-order valence-electron chi connectivity index (χ3n) is 6.51. The number of fused-ring (bicyclic) bond motifs is 1. The molecule has 0 aliphatic carbocycles. The van der Waals surface area contributed by atoms with E-state index < -0.39 is 17.5 Å². The predicted octanol–water partition coefficient (Wildman–Crippen LogP) is 6.20. The molecular weight excluding hydrogens is 398 g/mol. The Hall–Kier alpha value is -3.79. The van der Waals surface area contributed by atoms with E-state index in [1.807, 2.05) is 67.6 Å². The highest BCUT2D eigenvalue weighted by atomic mass is 16.6. The number of carbonyl (C=O) groups excluding carboxylic acids is 1. The molecule has 2 heterocycles. The number of hydrogen-bond donors (Lipinski definition) is 2. The zero-order valence-corrected chi connectivity index (χ0v) is 18.3. The maximum atomic E-state index is 13.3. The van der Waals surface area contributed by atoms with Crippen LogP contribution in [0.4, 0.5) is 0 Å². The number of rotatable bonds is 4. The monoisotopic (exact) mass is 423 g/mol. The summed E-state index contributed by atoms with van der Waals surface area (Å²) in [7, 11) is 0. The summed E-state index contributed by atoms with van der Waals surface area (Å²) < 4.78 is 5.84. The average Bonchev–Trinajstić information content (AvgIpc) is 3.24. The average molecular weight is 424 g/mol. The van der Waals surface area contributed by atoms with Crippen molar-refractivity contribution in [2.24, 2.45) is 0 Å². The molecule has 0 spiro atoms. The van der Waals surface area contributed by atoms with Crippen molar-refractivity contribution in [3.63, 3.8) is 0 Å². The van der Waals surface area contributed by atoms with Crippen LogP contribution < -0.4 is 0 Å². The van der Waals surface area contributed by atoms with E-state index in [4.69, 9.17) is 4.74 Å². The lowest BCUT2D eigenvalue weighted by molar-refractivity contribution is -0.147. The number of H-pyrrole nitrogens is 1. The number of aromatic amines is 1. The van der Waals surface area contributed by atoms with Gasteiger partial charge in [-0.15, -0.1) is 0 Å². The molecule has 32 heavy (non-hydrogen) atoms. The number of aliphatic hydroxyl groups excluding tert-OH is 1. The highest BCUT2D eigenvalue weighted by Crippen LogP contribution is 2.47. The normalized spacial score (nSPS) is 19.4.